The van der Waals surface area contributed by atoms with Crippen LogP contribution in [0.3, 0.4) is 0 Å². The second-order valence-corrected chi connectivity index (χ2v) is 2.50. The Hall–Kier alpha value is -0.120. The molecule has 2 N–H and O–H groups in total. The Morgan fingerprint density at radius 2 is 2.18 bits per heavy atom. The standard InChI is InChI=1S/C8H18NO2/c1-3-4-5-8(2)11-10-7-6-9/h3-7,9H2,1-2H3. The van der Waals surface area contributed by atoms with Gasteiger partial charge in [0.1, 0.15) is 6.10 Å². The summed E-state index contributed by atoms with van der Waals surface area (Å²) in [5, 5.41) is 0. The summed E-state index contributed by atoms with van der Waals surface area (Å²) in [7, 11) is 0. The highest BCUT2D eigenvalue weighted by molar-refractivity contribution is 4.67. The minimum Gasteiger partial charge on any atom is -0.328 e. The normalized spacial score (nSPS) is 10.9. The third-order valence-corrected chi connectivity index (χ3v) is 1.28. The lowest BCUT2D eigenvalue weighted by atomic mass is 10.2. The van der Waals surface area contributed by atoms with Crippen molar-refractivity contribution >= 4 is 0 Å². The molecule has 1 radical (unpaired) electrons. The summed E-state index contributed by atoms with van der Waals surface area (Å²) >= 11 is 0. The molecule has 3 heteroatoms. The van der Waals surface area contributed by atoms with Gasteiger partial charge in [0.05, 0.1) is 6.61 Å². The van der Waals surface area contributed by atoms with Gasteiger partial charge in [0.2, 0.25) is 0 Å². The van der Waals surface area contributed by atoms with Gasteiger partial charge in [-0.05, 0) is 13.3 Å². The average Bonchev–Trinajstić information content (AvgIpc) is 2.01. The highest BCUT2D eigenvalue weighted by Gasteiger charge is 2.02. The summed E-state index contributed by atoms with van der Waals surface area (Å²) < 4.78 is 0. The highest BCUT2D eigenvalue weighted by Crippen LogP contribution is 2.10. The zero-order chi connectivity index (χ0) is 8.53. The molecule has 0 unspecified atom stereocenters. The monoisotopic (exact) mass is 160 g/mol. The van der Waals surface area contributed by atoms with Crippen molar-refractivity contribution in [1.82, 2.24) is 0 Å². The first-order chi connectivity index (χ1) is 5.31. The van der Waals surface area contributed by atoms with Crippen LogP contribution in [-0.2, 0) is 9.78 Å². The maximum Gasteiger partial charge on any atom is 0.132 e. The summed E-state index contributed by atoms with van der Waals surface area (Å²) in [6, 6.07) is 0. The van der Waals surface area contributed by atoms with Gasteiger partial charge >= 0.3 is 0 Å². The summed E-state index contributed by atoms with van der Waals surface area (Å²) in [4.78, 5) is 9.70. The maximum absolute atomic E-state index is 5.20. The van der Waals surface area contributed by atoms with E-state index in [1.165, 1.54) is 6.42 Å². The molecule has 67 valence electrons. The van der Waals surface area contributed by atoms with E-state index in [2.05, 4.69) is 6.92 Å². The van der Waals surface area contributed by atoms with Gasteiger partial charge < -0.3 is 5.73 Å². The molecule has 11 heavy (non-hydrogen) atoms. The Morgan fingerprint density at radius 1 is 1.45 bits per heavy atom. The van der Waals surface area contributed by atoms with E-state index in [0.29, 0.717) is 13.2 Å². The summed E-state index contributed by atoms with van der Waals surface area (Å²) in [6.07, 6.45) is 4.23. The van der Waals surface area contributed by atoms with E-state index in [9.17, 15) is 0 Å². The average molecular weight is 160 g/mol. The molecule has 0 saturated heterocycles. The molecule has 0 aromatic heterocycles. The predicted molar refractivity (Wildman–Crippen MR) is 44.5 cm³/mol. The van der Waals surface area contributed by atoms with Gasteiger partial charge in [-0.1, -0.05) is 19.8 Å². The molecule has 0 aromatic carbocycles. The third kappa shape index (κ3) is 7.78. The van der Waals surface area contributed by atoms with E-state index in [1.807, 2.05) is 6.92 Å². The molecule has 0 atom stereocenters. The fourth-order valence-electron chi connectivity index (χ4n) is 0.658. The topological polar surface area (TPSA) is 44.5 Å². The summed E-state index contributed by atoms with van der Waals surface area (Å²) in [6.45, 7) is 5.03. The van der Waals surface area contributed by atoms with Crippen LogP contribution in [0.5, 0.6) is 0 Å². The number of unbranched alkanes of at least 4 members (excludes halogenated alkanes) is 1. The van der Waals surface area contributed by atoms with E-state index in [1.54, 1.807) is 0 Å². The molecule has 3 nitrogen and oxygen atoms in total. The molecule has 0 aliphatic rings. The second-order valence-electron chi connectivity index (χ2n) is 2.50. The largest absolute Gasteiger partial charge is 0.328 e. The van der Waals surface area contributed by atoms with E-state index >= 15 is 0 Å². The Bertz CT molecular complexity index is 78.5. The molecule has 0 aliphatic heterocycles. The SMILES string of the molecule is CCCC[C](C)OOCCN. The molecule has 0 bridgehead atoms. The van der Waals surface area contributed by atoms with Crippen LogP contribution in [0, 0.1) is 6.10 Å². The van der Waals surface area contributed by atoms with Crippen LogP contribution < -0.4 is 5.73 Å². The maximum atomic E-state index is 5.20. The number of hydrogen-bond acceptors (Lipinski definition) is 3. The number of nitrogens with two attached hydrogens (primary N) is 1. The number of hydrogen-bond donors (Lipinski definition) is 1. The fraction of sp³-hybridized carbons (Fsp3) is 0.875. The lowest BCUT2D eigenvalue weighted by molar-refractivity contribution is -0.284. The molecule has 0 heterocycles. The first-order valence-corrected chi connectivity index (χ1v) is 4.13. The first-order valence-electron chi connectivity index (χ1n) is 4.13. The molecule has 0 amide bonds. The van der Waals surface area contributed by atoms with Crippen LogP contribution >= 0.6 is 0 Å². The molecule has 0 fully saturated rings. The minimum absolute atomic E-state index is 0.462. The van der Waals surface area contributed by atoms with Crippen LogP contribution in [0.2, 0.25) is 0 Å². The van der Waals surface area contributed by atoms with Crippen molar-refractivity contribution in [2.75, 3.05) is 13.2 Å². The van der Waals surface area contributed by atoms with E-state index < -0.39 is 0 Å². The van der Waals surface area contributed by atoms with E-state index in [-0.39, 0.29) is 0 Å². The van der Waals surface area contributed by atoms with Crippen LogP contribution in [0.25, 0.3) is 0 Å². The van der Waals surface area contributed by atoms with Crippen molar-refractivity contribution in [2.45, 2.75) is 33.1 Å². The minimum atomic E-state index is 0.462. The molecule has 0 spiro atoms. The number of rotatable bonds is 7. The molecule has 0 aromatic rings. The fourth-order valence-corrected chi connectivity index (χ4v) is 0.658. The van der Waals surface area contributed by atoms with Crippen LogP contribution in [0.15, 0.2) is 0 Å². The van der Waals surface area contributed by atoms with Crippen molar-refractivity contribution in [2.24, 2.45) is 5.73 Å². The summed E-state index contributed by atoms with van der Waals surface area (Å²) in [5.74, 6) is 0. The predicted octanol–water partition coefficient (Wildman–Crippen LogP) is 1.64. The van der Waals surface area contributed by atoms with Crippen molar-refractivity contribution in [3.05, 3.63) is 6.10 Å². The van der Waals surface area contributed by atoms with E-state index in [0.717, 1.165) is 18.9 Å². The quantitative estimate of drug-likeness (QED) is 0.350. The van der Waals surface area contributed by atoms with Crippen molar-refractivity contribution < 1.29 is 9.78 Å². The smallest absolute Gasteiger partial charge is 0.132 e. The molecular formula is C8H18NO2. The Balaban J connectivity index is 3.02. The van der Waals surface area contributed by atoms with Gasteiger partial charge in [-0.3, -0.25) is 0 Å². The van der Waals surface area contributed by atoms with Gasteiger partial charge in [0.25, 0.3) is 0 Å². The highest BCUT2D eigenvalue weighted by atomic mass is 17.2. The Labute approximate surface area is 68.8 Å². The molecular weight excluding hydrogens is 142 g/mol. The summed E-state index contributed by atoms with van der Waals surface area (Å²) in [5.41, 5.74) is 5.20. The van der Waals surface area contributed by atoms with Crippen molar-refractivity contribution in [3.63, 3.8) is 0 Å². The van der Waals surface area contributed by atoms with Gasteiger partial charge in [-0.2, -0.15) is 0 Å². The molecule has 0 saturated carbocycles. The van der Waals surface area contributed by atoms with Crippen LogP contribution in [0.4, 0.5) is 0 Å². The van der Waals surface area contributed by atoms with Crippen molar-refractivity contribution in [1.29, 1.82) is 0 Å². The zero-order valence-electron chi connectivity index (χ0n) is 7.43. The zero-order valence-corrected chi connectivity index (χ0v) is 7.43. The second kappa shape index (κ2) is 7.98. The first kappa shape index (κ1) is 10.9. The Morgan fingerprint density at radius 3 is 2.73 bits per heavy atom. The van der Waals surface area contributed by atoms with E-state index in [4.69, 9.17) is 15.5 Å². The van der Waals surface area contributed by atoms with Gasteiger partial charge in [0, 0.05) is 6.54 Å². The lowest BCUT2D eigenvalue weighted by Crippen LogP contribution is -2.10. The van der Waals surface area contributed by atoms with Gasteiger partial charge in [0.15, 0.2) is 0 Å². The lowest BCUT2D eigenvalue weighted by Gasteiger charge is -2.08. The Kier molecular flexibility index (Phi) is 7.89. The van der Waals surface area contributed by atoms with Gasteiger partial charge in [-0.15, -0.1) is 0 Å². The van der Waals surface area contributed by atoms with Gasteiger partial charge in [-0.25, -0.2) is 9.78 Å². The van der Waals surface area contributed by atoms with Crippen molar-refractivity contribution in [3.8, 4) is 0 Å². The molecule has 0 aliphatic carbocycles. The van der Waals surface area contributed by atoms with Crippen LogP contribution in [0.1, 0.15) is 33.1 Å². The third-order valence-electron chi connectivity index (χ3n) is 1.28. The van der Waals surface area contributed by atoms with Crippen LogP contribution in [-0.4, -0.2) is 13.2 Å². The molecule has 0 rings (SSSR count).